The lowest BCUT2D eigenvalue weighted by molar-refractivity contribution is 0.0518. The van der Waals surface area contributed by atoms with Gasteiger partial charge in [0.05, 0.1) is 17.5 Å². The lowest BCUT2D eigenvalue weighted by Crippen LogP contribution is -2.42. The third-order valence-corrected chi connectivity index (χ3v) is 6.13. The van der Waals surface area contributed by atoms with E-state index in [9.17, 15) is 18.8 Å². The molecule has 1 atom stereocenters. The Morgan fingerprint density at radius 3 is 2.44 bits per heavy atom. The summed E-state index contributed by atoms with van der Waals surface area (Å²) >= 11 is 1.29. The highest BCUT2D eigenvalue weighted by atomic mass is 32.1. The second kappa shape index (κ2) is 9.91. The van der Waals surface area contributed by atoms with E-state index < -0.39 is 12.0 Å². The van der Waals surface area contributed by atoms with Crippen LogP contribution in [0.1, 0.15) is 61.2 Å². The molecule has 0 saturated heterocycles. The number of nitrogens with zero attached hydrogens (tertiary/aromatic N) is 1. The van der Waals surface area contributed by atoms with Crippen LogP contribution >= 0.6 is 11.3 Å². The van der Waals surface area contributed by atoms with Crippen molar-refractivity contribution >= 4 is 29.0 Å². The van der Waals surface area contributed by atoms with Crippen LogP contribution in [0.5, 0.6) is 0 Å². The lowest BCUT2D eigenvalue weighted by Gasteiger charge is -2.28. The second-order valence-corrected chi connectivity index (χ2v) is 8.37. The Labute approximate surface area is 190 Å². The highest BCUT2D eigenvalue weighted by molar-refractivity contribution is 7.12. The van der Waals surface area contributed by atoms with E-state index in [4.69, 9.17) is 4.74 Å². The molecule has 0 unspecified atom stereocenters. The average Bonchev–Trinajstić information content (AvgIpc) is 3.40. The minimum Gasteiger partial charge on any atom is -0.461 e. The number of hydrogen-bond acceptors (Lipinski definition) is 5. The van der Waals surface area contributed by atoms with Crippen molar-refractivity contribution in [3.05, 3.63) is 80.6 Å². The summed E-state index contributed by atoms with van der Waals surface area (Å²) in [6.45, 7) is 7.12. The van der Waals surface area contributed by atoms with Crippen molar-refractivity contribution in [1.29, 1.82) is 0 Å². The molecule has 0 aliphatic heterocycles. The van der Waals surface area contributed by atoms with Gasteiger partial charge in [0.25, 0.3) is 5.91 Å². The molecule has 2 heterocycles. The molecule has 1 amide bonds. The molecule has 2 aromatic heterocycles. The van der Waals surface area contributed by atoms with Crippen LogP contribution in [-0.4, -0.2) is 40.2 Å². The van der Waals surface area contributed by atoms with E-state index in [0.29, 0.717) is 27.3 Å². The molecule has 0 saturated carbocycles. The minimum absolute atomic E-state index is 0.136. The molecule has 0 aliphatic rings. The number of nitrogens with one attached hydrogen (secondary N) is 1. The van der Waals surface area contributed by atoms with Gasteiger partial charge in [-0.1, -0.05) is 18.2 Å². The summed E-state index contributed by atoms with van der Waals surface area (Å²) in [4.78, 5) is 43.9. The minimum atomic E-state index is -0.821. The van der Waals surface area contributed by atoms with Crippen LogP contribution in [-0.2, 0) is 11.3 Å². The molecule has 0 radical (unpaired) electrons. The Kier molecular flexibility index (Phi) is 7.25. The van der Waals surface area contributed by atoms with Crippen molar-refractivity contribution in [2.45, 2.75) is 40.3 Å². The normalized spacial score (nSPS) is 11.8. The Morgan fingerprint density at radius 1 is 1.16 bits per heavy atom. The molecule has 1 N–H and O–H groups in total. The maximum atomic E-state index is 13.5. The van der Waals surface area contributed by atoms with Crippen LogP contribution in [0.2, 0.25) is 0 Å². The molecule has 0 spiro atoms. The number of aromatic amines is 1. The summed E-state index contributed by atoms with van der Waals surface area (Å²) in [7, 11) is 0. The molecule has 6 nitrogen and oxygen atoms in total. The van der Waals surface area contributed by atoms with Gasteiger partial charge in [-0.05, 0) is 62.4 Å². The summed E-state index contributed by atoms with van der Waals surface area (Å²) in [6, 6.07) is 8.47. The Bertz CT molecular complexity index is 1120. The predicted molar refractivity (Wildman–Crippen MR) is 121 cm³/mol. The number of amides is 1. The van der Waals surface area contributed by atoms with E-state index in [1.807, 2.05) is 0 Å². The molecule has 168 valence electrons. The number of aryl methyl sites for hydroxylation is 1. The zero-order chi connectivity index (χ0) is 23.4. The van der Waals surface area contributed by atoms with Crippen molar-refractivity contribution in [1.82, 2.24) is 9.88 Å². The predicted octanol–water partition coefficient (Wildman–Crippen LogP) is 4.92. The SMILES string of the molecule is CCOC(=O)c1[nH]c(C)c(C(=O)[C@@H](C)N(Cc2ccc(F)cc2)C(=O)c2cccs2)c1C. The van der Waals surface area contributed by atoms with Gasteiger partial charge in [-0.15, -0.1) is 11.3 Å². The van der Waals surface area contributed by atoms with Gasteiger partial charge in [-0.2, -0.15) is 0 Å². The van der Waals surface area contributed by atoms with Crippen molar-refractivity contribution in [3.8, 4) is 0 Å². The van der Waals surface area contributed by atoms with Gasteiger partial charge < -0.3 is 14.6 Å². The molecule has 8 heteroatoms. The smallest absolute Gasteiger partial charge is 0.355 e. The highest BCUT2D eigenvalue weighted by Gasteiger charge is 2.32. The van der Waals surface area contributed by atoms with Crippen LogP contribution in [0.3, 0.4) is 0 Å². The first kappa shape index (κ1) is 23.4. The summed E-state index contributed by atoms with van der Waals surface area (Å²) in [5.41, 5.74) is 2.32. The summed E-state index contributed by atoms with van der Waals surface area (Å²) in [5.74, 6) is -1.49. The number of halogens is 1. The molecule has 3 rings (SSSR count). The van der Waals surface area contributed by atoms with Gasteiger partial charge >= 0.3 is 5.97 Å². The molecule has 32 heavy (non-hydrogen) atoms. The van der Waals surface area contributed by atoms with Crippen LogP contribution < -0.4 is 0 Å². The maximum absolute atomic E-state index is 13.5. The Morgan fingerprint density at radius 2 is 1.84 bits per heavy atom. The van der Waals surface area contributed by atoms with Gasteiger partial charge in [0.15, 0.2) is 5.78 Å². The van der Waals surface area contributed by atoms with Crippen molar-refractivity contribution in [2.75, 3.05) is 6.61 Å². The number of hydrogen-bond donors (Lipinski definition) is 1. The first-order chi connectivity index (χ1) is 15.2. The van der Waals surface area contributed by atoms with Crippen molar-refractivity contribution < 1.29 is 23.5 Å². The van der Waals surface area contributed by atoms with Crippen molar-refractivity contribution in [2.24, 2.45) is 0 Å². The third-order valence-electron chi connectivity index (χ3n) is 5.27. The monoisotopic (exact) mass is 456 g/mol. The fourth-order valence-corrected chi connectivity index (χ4v) is 4.27. The number of thiophene rings is 1. The number of ketones is 1. The highest BCUT2D eigenvalue weighted by Crippen LogP contribution is 2.24. The van der Waals surface area contributed by atoms with Crippen molar-refractivity contribution in [3.63, 3.8) is 0 Å². The molecule has 0 fully saturated rings. The number of benzene rings is 1. The quantitative estimate of drug-likeness (QED) is 0.385. The van der Waals surface area contributed by atoms with Gasteiger partial charge in [-0.3, -0.25) is 9.59 Å². The molecule has 1 aromatic carbocycles. The van der Waals surface area contributed by atoms with E-state index in [0.717, 1.165) is 0 Å². The number of aromatic nitrogens is 1. The van der Waals surface area contributed by atoms with Gasteiger partial charge in [-0.25, -0.2) is 9.18 Å². The molecule has 3 aromatic rings. The van der Waals surface area contributed by atoms with E-state index in [1.54, 1.807) is 57.3 Å². The number of Topliss-reactive ketones (excluding diaryl/α,β-unsaturated/α-hetero) is 1. The number of rotatable bonds is 8. The fraction of sp³-hybridized carbons (Fsp3) is 0.292. The number of esters is 1. The Balaban J connectivity index is 1.96. The number of carbonyl (C=O) groups is 3. The van der Waals surface area contributed by atoms with Gasteiger partial charge in [0, 0.05) is 17.8 Å². The first-order valence-corrected chi connectivity index (χ1v) is 11.1. The summed E-state index contributed by atoms with van der Waals surface area (Å²) < 4.78 is 18.4. The van der Waals surface area contributed by atoms with E-state index in [2.05, 4.69) is 4.98 Å². The van der Waals surface area contributed by atoms with E-state index in [-0.39, 0.29) is 36.4 Å². The second-order valence-electron chi connectivity index (χ2n) is 7.42. The van der Waals surface area contributed by atoms with Crippen LogP contribution in [0, 0.1) is 19.7 Å². The standard InChI is InChI=1S/C24H25FN2O4S/c1-5-31-24(30)21-14(2)20(15(3)26-21)22(28)16(4)27(23(29)19-7-6-12-32-19)13-17-8-10-18(25)11-9-17/h6-12,16,26H,5,13H2,1-4H3/t16-/m1/s1. The maximum Gasteiger partial charge on any atom is 0.355 e. The topological polar surface area (TPSA) is 79.5 Å². The van der Waals surface area contributed by atoms with Gasteiger partial charge in [0.1, 0.15) is 11.5 Å². The molecule has 0 bridgehead atoms. The zero-order valence-electron chi connectivity index (χ0n) is 18.4. The van der Waals surface area contributed by atoms with Crippen LogP contribution in [0.15, 0.2) is 41.8 Å². The molecular formula is C24H25FN2O4S. The van der Waals surface area contributed by atoms with E-state index in [1.165, 1.54) is 28.4 Å². The summed E-state index contributed by atoms with van der Waals surface area (Å²) in [6.07, 6.45) is 0. The lowest BCUT2D eigenvalue weighted by atomic mass is 9.99. The summed E-state index contributed by atoms with van der Waals surface area (Å²) in [5, 5.41) is 1.79. The first-order valence-electron chi connectivity index (χ1n) is 10.2. The van der Waals surface area contributed by atoms with E-state index >= 15 is 0 Å². The largest absolute Gasteiger partial charge is 0.461 e. The number of H-pyrrole nitrogens is 1. The van der Waals surface area contributed by atoms with Crippen LogP contribution in [0.25, 0.3) is 0 Å². The average molecular weight is 457 g/mol. The van der Waals surface area contributed by atoms with Gasteiger partial charge in [0.2, 0.25) is 0 Å². The number of carbonyl (C=O) groups excluding carboxylic acids is 3. The third kappa shape index (κ3) is 4.80. The Hall–Kier alpha value is -3.26. The molecule has 0 aliphatic carbocycles. The van der Waals surface area contributed by atoms with Crippen LogP contribution in [0.4, 0.5) is 4.39 Å². The zero-order valence-corrected chi connectivity index (χ0v) is 19.2. The number of ether oxygens (including phenoxy) is 1. The fourth-order valence-electron chi connectivity index (χ4n) is 3.59. The molecular weight excluding hydrogens is 431 g/mol.